The maximum Gasteiger partial charge on any atom is 0.247 e. The summed E-state index contributed by atoms with van der Waals surface area (Å²) in [6, 6.07) is 9.94. The molecular formula is C19H18N2O5S2. The van der Waals surface area contributed by atoms with Gasteiger partial charge in [-0.1, -0.05) is 30.3 Å². The summed E-state index contributed by atoms with van der Waals surface area (Å²) < 4.78 is 34.0. The van der Waals surface area contributed by atoms with Gasteiger partial charge in [-0.2, -0.15) is 0 Å². The van der Waals surface area contributed by atoms with E-state index in [0.29, 0.717) is 26.3 Å². The molecule has 2 aromatic rings. The molecule has 2 heterocycles. The normalized spacial score (nSPS) is 17.8. The lowest BCUT2D eigenvalue weighted by atomic mass is 9.91. The molecule has 1 N–H and O–H groups in total. The highest BCUT2D eigenvalue weighted by molar-refractivity contribution is 7.94. The summed E-state index contributed by atoms with van der Waals surface area (Å²) in [5, 5.41) is 1.84. The van der Waals surface area contributed by atoms with E-state index in [1.807, 2.05) is 11.4 Å². The van der Waals surface area contributed by atoms with Crippen LogP contribution in [0.4, 0.5) is 0 Å². The Morgan fingerprint density at radius 1 is 1.00 bits per heavy atom. The molecule has 2 aliphatic rings. The van der Waals surface area contributed by atoms with Crippen LogP contribution >= 0.6 is 11.3 Å². The van der Waals surface area contributed by atoms with Crippen LogP contribution in [0.1, 0.15) is 25.6 Å². The van der Waals surface area contributed by atoms with Gasteiger partial charge in [0.25, 0.3) is 0 Å². The molecule has 1 aromatic heterocycles. The monoisotopic (exact) mass is 418 g/mol. The van der Waals surface area contributed by atoms with Crippen LogP contribution in [0.15, 0.2) is 52.4 Å². The van der Waals surface area contributed by atoms with Crippen LogP contribution in [0.3, 0.4) is 0 Å². The molecule has 7 nitrogen and oxygen atoms in total. The summed E-state index contributed by atoms with van der Waals surface area (Å²) in [6.45, 7) is 1.48. The summed E-state index contributed by atoms with van der Waals surface area (Å²) in [7, 11) is -4.20. The lowest BCUT2D eigenvalue weighted by Gasteiger charge is -2.33. The summed E-state index contributed by atoms with van der Waals surface area (Å²) in [4.78, 5) is 28.3. The van der Waals surface area contributed by atoms with E-state index in [4.69, 9.17) is 4.74 Å². The SMILES string of the molecule is O=C1C(N2CCOCC2)=C(S(=O)(=O)NCc2cccs2)C(=O)c2ccccc21. The summed E-state index contributed by atoms with van der Waals surface area (Å²) in [6.07, 6.45) is 0. The first-order valence-electron chi connectivity index (χ1n) is 8.76. The standard InChI is InChI=1S/C19H18N2O5S2/c22-17-14-5-1-2-6-15(14)18(23)19(16(17)21-7-9-26-10-8-21)28(24,25)20-12-13-4-3-11-27-13/h1-6,11,20H,7-10,12H2. The molecule has 4 rings (SSSR count). The predicted molar refractivity (Wildman–Crippen MR) is 105 cm³/mol. The molecule has 1 aromatic carbocycles. The van der Waals surface area contributed by atoms with Crippen LogP contribution in [0.2, 0.25) is 0 Å². The molecule has 0 spiro atoms. The number of nitrogens with one attached hydrogen (secondary N) is 1. The van der Waals surface area contributed by atoms with Crippen molar-refractivity contribution in [1.29, 1.82) is 0 Å². The van der Waals surface area contributed by atoms with Crippen molar-refractivity contribution in [2.45, 2.75) is 6.54 Å². The molecule has 1 aliphatic carbocycles. The quantitative estimate of drug-likeness (QED) is 0.796. The van der Waals surface area contributed by atoms with Gasteiger partial charge >= 0.3 is 0 Å². The molecular weight excluding hydrogens is 400 g/mol. The zero-order chi connectivity index (χ0) is 19.7. The highest BCUT2D eigenvalue weighted by Crippen LogP contribution is 2.31. The predicted octanol–water partition coefficient (Wildman–Crippen LogP) is 1.79. The Morgan fingerprint density at radius 3 is 2.32 bits per heavy atom. The number of ketones is 2. The van der Waals surface area contributed by atoms with Gasteiger partial charge in [-0.3, -0.25) is 9.59 Å². The molecule has 0 bridgehead atoms. The maximum absolute atomic E-state index is 13.2. The van der Waals surface area contributed by atoms with Crippen molar-refractivity contribution in [2.24, 2.45) is 0 Å². The maximum atomic E-state index is 13.2. The molecule has 0 radical (unpaired) electrons. The molecule has 28 heavy (non-hydrogen) atoms. The zero-order valence-corrected chi connectivity index (χ0v) is 16.5. The molecule has 0 unspecified atom stereocenters. The Kier molecular flexibility index (Phi) is 5.15. The van der Waals surface area contributed by atoms with Gasteiger partial charge in [-0.05, 0) is 11.4 Å². The van der Waals surface area contributed by atoms with Gasteiger partial charge in [0.15, 0.2) is 4.91 Å². The highest BCUT2D eigenvalue weighted by Gasteiger charge is 2.41. The number of hydrogen-bond acceptors (Lipinski definition) is 7. The molecule has 1 fully saturated rings. The third-order valence-electron chi connectivity index (χ3n) is 4.67. The van der Waals surface area contributed by atoms with Gasteiger partial charge in [-0.25, -0.2) is 13.1 Å². The fourth-order valence-electron chi connectivity index (χ4n) is 3.31. The van der Waals surface area contributed by atoms with Gasteiger partial charge in [0, 0.05) is 35.6 Å². The van der Waals surface area contributed by atoms with Gasteiger partial charge in [-0.15, -0.1) is 11.3 Å². The summed E-state index contributed by atoms with van der Waals surface area (Å²) in [5.74, 6) is -1.11. The number of rotatable bonds is 5. The van der Waals surface area contributed by atoms with Gasteiger partial charge in [0.05, 0.1) is 13.2 Å². The first kappa shape index (κ1) is 19.0. The van der Waals surface area contributed by atoms with Gasteiger partial charge in [0.2, 0.25) is 21.6 Å². The van der Waals surface area contributed by atoms with E-state index in [2.05, 4.69) is 4.72 Å². The molecule has 1 saturated heterocycles. The summed E-state index contributed by atoms with van der Waals surface area (Å²) >= 11 is 1.41. The second-order valence-corrected chi connectivity index (χ2v) is 9.12. The van der Waals surface area contributed by atoms with Crippen LogP contribution in [0.25, 0.3) is 0 Å². The van der Waals surface area contributed by atoms with Crippen molar-refractivity contribution in [3.8, 4) is 0 Å². The van der Waals surface area contributed by atoms with Crippen molar-refractivity contribution in [3.63, 3.8) is 0 Å². The lowest BCUT2D eigenvalue weighted by molar-refractivity contribution is 0.0499. The summed E-state index contributed by atoms with van der Waals surface area (Å²) in [5.41, 5.74) is 0.276. The number of nitrogens with zero attached hydrogens (tertiary/aromatic N) is 1. The van der Waals surface area contributed by atoms with Crippen molar-refractivity contribution in [1.82, 2.24) is 9.62 Å². The minimum atomic E-state index is -4.20. The van der Waals surface area contributed by atoms with E-state index >= 15 is 0 Å². The molecule has 9 heteroatoms. The molecule has 0 saturated carbocycles. The average molecular weight is 418 g/mol. The Hall–Kier alpha value is -2.33. The Bertz CT molecular complexity index is 1050. The number of thiophene rings is 1. The number of ether oxygens (including phenoxy) is 1. The van der Waals surface area contributed by atoms with Crippen LogP contribution < -0.4 is 4.72 Å². The fraction of sp³-hybridized carbons (Fsp3) is 0.263. The van der Waals surface area contributed by atoms with Crippen molar-refractivity contribution in [2.75, 3.05) is 26.3 Å². The minimum absolute atomic E-state index is 0.0585. The first-order chi connectivity index (χ1) is 13.5. The van der Waals surface area contributed by atoms with E-state index in [1.165, 1.54) is 17.4 Å². The third kappa shape index (κ3) is 3.42. The third-order valence-corrected chi connectivity index (χ3v) is 6.98. The zero-order valence-electron chi connectivity index (χ0n) is 14.9. The van der Waals surface area contributed by atoms with Crippen LogP contribution in [0, 0.1) is 0 Å². The lowest BCUT2D eigenvalue weighted by Crippen LogP contribution is -2.43. The topological polar surface area (TPSA) is 92.8 Å². The number of benzene rings is 1. The van der Waals surface area contributed by atoms with E-state index in [9.17, 15) is 18.0 Å². The number of fused-ring (bicyclic) bond motifs is 1. The number of carbonyl (C=O) groups excluding carboxylic acids is 2. The van der Waals surface area contributed by atoms with Crippen LogP contribution in [-0.2, 0) is 21.3 Å². The van der Waals surface area contributed by atoms with Crippen molar-refractivity contribution in [3.05, 3.63) is 68.4 Å². The van der Waals surface area contributed by atoms with E-state index in [-0.39, 0.29) is 23.4 Å². The fourth-order valence-corrected chi connectivity index (χ4v) is 5.37. The second kappa shape index (κ2) is 7.59. The number of carbonyl (C=O) groups is 2. The molecule has 146 valence electrons. The number of hydrogen-bond donors (Lipinski definition) is 1. The van der Waals surface area contributed by atoms with E-state index < -0.39 is 26.5 Å². The Balaban J connectivity index is 1.80. The second-order valence-electron chi connectivity index (χ2n) is 6.38. The van der Waals surface area contributed by atoms with Gasteiger partial charge in [0.1, 0.15) is 5.70 Å². The number of morpholine rings is 1. The molecule has 0 amide bonds. The van der Waals surface area contributed by atoms with Crippen molar-refractivity contribution < 1.29 is 22.7 Å². The average Bonchev–Trinajstić information content (AvgIpc) is 3.23. The number of Topliss-reactive ketones (excluding diaryl/α,β-unsaturated/α-hetero) is 2. The molecule has 1 aliphatic heterocycles. The minimum Gasteiger partial charge on any atom is -0.378 e. The van der Waals surface area contributed by atoms with Crippen molar-refractivity contribution >= 4 is 32.9 Å². The number of sulfonamides is 1. The van der Waals surface area contributed by atoms with E-state index in [1.54, 1.807) is 29.2 Å². The van der Waals surface area contributed by atoms with Crippen LogP contribution in [0.5, 0.6) is 0 Å². The highest BCUT2D eigenvalue weighted by atomic mass is 32.2. The Morgan fingerprint density at radius 2 is 1.68 bits per heavy atom. The van der Waals surface area contributed by atoms with E-state index in [0.717, 1.165) is 4.88 Å². The smallest absolute Gasteiger partial charge is 0.247 e. The number of allylic oxidation sites excluding steroid dienone is 2. The largest absolute Gasteiger partial charge is 0.378 e. The first-order valence-corrected chi connectivity index (χ1v) is 11.1. The Labute approximate surface area is 166 Å². The van der Waals surface area contributed by atoms with Gasteiger partial charge < -0.3 is 9.64 Å². The molecule has 0 atom stereocenters. The van der Waals surface area contributed by atoms with Crippen LogP contribution in [-0.4, -0.2) is 51.2 Å².